The van der Waals surface area contributed by atoms with Gasteiger partial charge in [-0.3, -0.25) is 4.79 Å². The molecular formula is C31H26O13. The van der Waals surface area contributed by atoms with Gasteiger partial charge in [0.15, 0.2) is 23.0 Å². The zero-order chi connectivity index (χ0) is 32.0. The second-order valence-electron chi connectivity index (χ2n) is 9.60. The van der Waals surface area contributed by atoms with E-state index in [0.717, 1.165) is 17.7 Å². The maximum atomic E-state index is 12.7. The highest BCUT2D eigenvalue weighted by molar-refractivity contribution is 5.87. The largest absolute Gasteiger partial charge is 0.507 e. The molecule has 5 N–H and O–H groups in total. The lowest BCUT2D eigenvalue weighted by molar-refractivity contribution is -0.247. The average Bonchev–Trinajstić information content (AvgIpc) is 2.98. The number of phenols is 3. The van der Waals surface area contributed by atoms with Gasteiger partial charge >= 0.3 is 12.1 Å². The van der Waals surface area contributed by atoms with Crippen LogP contribution in [0.5, 0.6) is 23.0 Å². The van der Waals surface area contributed by atoms with Crippen molar-refractivity contribution >= 4 is 29.2 Å². The lowest BCUT2D eigenvalue weighted by Gasteiger charge is -2.36. The summed E-state index contributed by atoms with van der Waals surface area (Å²) in [5, 5.41) is 50.5. The molecule has 5 rings (SSSR count). The molecule has 1 aliphatic heterocycles. The van der Waals surface area contributed by atoms with Crippen molar-refractivity contribution in [2.45, 2.75) is 31.5 Å². The Morgan fingerprint density at radius 2 is 1.64 bits per heavy atom. The van der Waals surface area contributed by atoms with E-state index in [9.17, 15) is 35.1 Å². The van der Waals surface area contributed by atoms with Gasteiger partial charge in [-0.05, 0) is 30.7 Å². The van der Waals surface area contributed by atoms with Gasteiger partial charge in [0.2, 0.25) is 6.29 Å². The summed E-state index contributed by atoms with van der Waals surface area (Å²) in [5.41, 5.74) is 1.67. The molecule has 1 fully saturated rings. The van der Waals surface area contributed by atoms with Crippen molar-refractivity contribution in [1.82, 2.24) is 0 Å². The van der Waals surface area contributed by atoms with Crippen LogP contribution in [0.15, 0.2) is 76.0 Å². The van der Waals surface area contributed by atoms with Crippen LogP contribution < -0.4 is 10.2 Å². The molecule has 1 aromatic heterocycles. The fourth-order valence-electron chi connectivity index (χ4n) is 4.28. The van der Waals surface area contributed by atoms with Gasteiger partial charge in [0, 0.05) is 29.8 Å². The molecule has 13 nitrogen and oxygen atoms in total. The number of aromatic hydroxyl groups is 3. The van der Waals surface area contributed by atoms with Gasteiger partial charge in [-0.15, -0.1) is 0 Å². The molecule has 4 atom stereocenters. The molecule has 1 saturated heterocycles. The second-order valence-corrected chi connectivity index (χ2v) is 9.60. The summed E-state index contributed by atoms with van der Waals surface area (Å²) in [6, 6.07) is 15.1. The molecule has 2 heterocycles. The lowest BCUT2D eigenvalue weighted by atomic mass is 10.1. The standard InChI is InChI=1S/C30H26O11.CO2/c1-15-2-6-17(7-3-15)23-13-22(34)27-21(33)11-18(12-24(27)40-23)39-30-29(37)28(36)25(14-38-30)41-26(35)9-5-16-4-8-19(31)20(32)10-16;2-1-3/h2-13,25,28-33,36-37H,14H2,1H3;/b9-5+;. The van der Waals surface area contributed by atoms with Crippen LogP contribution in [0.2, 0.25) is 0 Å². The normalized spacial score (nSPS) is 19.5. The number of carbonyl (C=O) groups is 1. The molecule has 0 aliphatic carbocycles. The van der Waals surface area contributed by atoms with Crippen LogP contribution in [0.3, 0.4) is 0 Å². The van der Waals surface area contributed by atoms with Gasteiger partial charge in [-0.25, -0.2) is 4.79 Å². The van der Waals surface area contributed by atoms with E-state index in [0.29, 0.717) is 11.1 Å². The van der Waals surface area contributed by atoms with Gasteiger partial charge < -0.3 is 44.2 Å². The molecular weight excluding hydrogens is 580 g/mol. The molecule has 0 radical (unpaired) electrons. The first-order chi connectivity index (χ1) is 21.0. The summed E-state index contributed by atoms with van der Waals surface area (Å²) in [7, 11) is 0. The number of aryl methyl sites for hydroxylation is 1. The summed E-state index contributed by atoms with van der Waals surface area (Å²) >= 11 is 0. The molecule has 13 heteroatoms. The van der Waals surface area contributed by atoms with Crippen LogP contribution in [0, 0.1) is 6.92 Å². The molecule has 4 unspecified atom stereocenters. The number of hydrogen-bond donors (Lipinski definition) is 5. The molecule has 1 aliphatic rings. The minimum atomic E-state index is -1.65. The number of fused-ring (bicyclic) bond motifs is 1. The predicted octanol–water partition coefficient (Wildman–Crippen LogP) is 2.38. The van der Waals surface area contributed by atoms with Crippen molar-refractivity contribution in [2.75, 3.05) is 6.61 Å². The Labute approximate surface area is 248 Å². The predicted molar refractivity (Wildman–Crippen MR) is 150 cm³/mol. The number of ether oxygens (including phenoxy) is 3. The smallest absolute Gasteiger partial charge is 0.373 e. The molecule has 4 aromatic rings. The molecule has 0 amide bonds. The monoisotopic (exact) mass is 606 g/mol. The first-order valence-electron chi connectivity index (χ1n) is 12.9. The van der Waals surface area contributed by atoms with E-state index in [4.69, 9.17) is 28.2 Å². The Kier molecular flexibility index (Phi) is 9.78. The van der Waals surface area contributed by atoms with Gasteiger partial charge in [-0.2, -0.15) is 9.59 Å². The third-order valence-electron chi connectivity index (χ3n) is 6.48. The first-order valence-corrected chi connectivity index (χ1v) is 12.9. The van der Waals surface area contributed by atoms with Gasteiger partial charge in [-0.1, -0.05) is 35.9 Å². The molecule has 44 heavy (non-hydrogen) atoms. The zero-order valence-electron chi connectivity index (χ0n) is 22.9. The van der Waals surface area contributed by atoms with E-state index >= 15 is 0 Å². The Balaban J connectivity index is 0.00000141. The van der Waals surface area contributed by atoms with E-state index in [-0.39, 0.29) is 46.7 Å². The molecule has 0 saturated carbocycles. The van der Waals surface area contributed by atoms with Crippen LogP contribution in [0.25, 0.3) is 28.4 Å². The Morgan fingerprint density at radius 3 is 2.32 bits per heavy atom. The van der Waals surface area contributed by atoms with Crippen molar-refractivity contribution in [1.29, 1.82) is 0 Å². The van der Waals surface area contributed by atoms with Crippen LogP contribution >= 0.6 is 0 Å². The van der Waals surface area contributed by atoms with Crippen molar-refractivity contribution in [3.63, 3.8) is 0 Å². The van der Waals surface area contributed by atoms with Crippen molar-refractivity contribution in [2.24, 2.45) is 0 Å². The molecule has 3 aromatic carbocycles. The van der Waals surface area contributed by atoms with Crippen molar-refractivity contribution in [3.8, 4) is 34.3 Å². The lowest BCUT2D eigenvalue weighted by Crippen LogP contribution is -2.56. The summed E-state index contributed by atoms with van der Waals surface area (Å²) < 4.78 is 22.2. The summed E-state index contributed by atoms with van der Waals surface area (Å²) in [6.07, 6.45) is -3.24. The van der Waals surface area contributed by atoms with E-state index in [2.05, 4.69) is 0 Å². The van der Waals surface area contributed by atoms with E-state index in [1.807, 2.05) is 19.1 Å². The van der Waals surface area contributed by atoms with Crippen molar-refractivity contribution < 1.29 is 58.5 Å². The quantitative estimate of drug-likeness (QED) is 0.121. The SMILES string of the molecule is Cc1ccc(-c2cc(=O)c3c(O)cc(OC4OCC(OC(=O)/C=C/c5ccc(O)c(O)c5)C(O)C4O)cc3o2)cc1.O=C=O. The third-order valence-corrected chi connectivity index (χ3v) is 6.48. The highest BCUT2D eigenvalue weighted by Crippen LogP contribution is 2.33. The van der Waals surface area contributed by atoms with Crippen LogP contribution in [0.4, 0.5) is 0 Å². The van der Waals surface area contributed by atoms with Gasteiger partial charge in [0.25, 0.3) is 0 Å². The minimum absolute atomic E-state index is 0.00835. The highest BCUT2D eigenvalue weighted by Gasteiger charge is 2.42. The Morgan fingerprint density at radius 1 is 0.932 bits per heavy atom. The van der Waals surface area contributed by atoms with E-state index < -0.39 is 41.7 Å². The number of carbonyl (C=O) groups excluding carboxylic acids is 3. The van der Waals surface area contributed by atoms with Crippen molar-refractivity contribution in [3.05, 3.63) is 88.1 Å². The number of benzene rings is 3. The van der Waals surface area contributed by atoms with E-state index in [1.54, 1.807) is 12.1 Å². The Hall–Kier alpha value is -5.46. The van der Waals surface area contributed by atoms with Crippen LogP contribution in [-0.2, 0) is 23.9 Å². The van der Waals surface area contributed by atoms with Gasteiger partial charge in [0.05, 0.1) is 6.61 Å². The molecule has 228 valence electrons. The highest BCUT2D eigenvalue weighted by atomic mass is 16.7. The summed E-state index contributed by atoms with van der Waals surface area (Å²) in [4.78, 5) is 41.2. The zero-order valence-corrected chi connectivity index (χ0v) is 22.9. The summed E-state index contributed by atoms with van der Waals surface area (Å²) in [5.74, 6) is -1.66. The average molecular weight is 607 g/mol. The maximum absolute atomic E-state index is 12.7. The van der Waals surface area contributed by atoms with E-state index in [1.165, 1.54) is 36.4 Å². The van der Waals surface area contributed by atoms with Crippen LogP contribution in [-0.4, -0.2) is 68.9 Å². The van der Waals surface area contributed by atoms with Crippen LogP contribution in [0.1, 0.15) is 11.1 Å². The maximum Gasteiger partial charge on any atom is 0.373 e. The topological polar surface area (TPSA) is 210 Å². The number of rotatable bonds is 6. The number of aliphatic hydroxyl groups excluding tert-OH is 2. The first kappa shape index (κ1) is 31.5. The molecule has 0 spiro atoms. The number of aliphatic hydroxyl groups is 2. The molecule has 0 bridgehead atoms. The third kappa shape index (κ3) is 7.30. The fourth-order valence-corrected chi connectivity index (χ4v) is 4.28. The minimum Gasteiger partial charge on any atom is -0.507 e. The van der Waals surface area contributed by atoms with Gasteiger partial charge in [0.1, 0.15) is 40.4 Å². The number of esters is 1. The summed E-state index contributed by atoms with van der Waals surface area (Å²) in [6.45, 7) is 1.60. The number of phenolic OH excluding ortho intramolecular Hbond substituents is 3. The Bertz CT molecular complexity index is 1770. The fraction of sp³-hybridized carbons (Fsp3) is 0.194. The second kappa shape index (κ2) is 13.7. The number of hydrogen-bond acceptors (Lipinski definition) is 13.